The maximum Gasteiger partial charge on any atom is 0.141 e. The number of hydrogen-bond acceptors (Lipinski definition) is 1. The van der Waals surface area contributed by atoms with Crippen LogP contribution in [0, 0.1) is 0 Å². The van der Waals surface area contributed by atoms with E-state index in [1.807, 2.05) is 30.3 Å². The highest BCUT2D eigenvalue weighted by molar-refractivity contribution is 5.76. The van der Waals surface area contributed by atoms with E-state index in [9.17, 15) is 5.11 Å². The molecule has 1 aliphatic rings. The molecule has 39 heavy (non-hydrogen) atoms. The van der Waals surface area contributed by atoms with E-state index in [1.165, 1.54) is 11.1 Å². The molecule has 0 aromatic heterocycles. The van der Waals surface area contributed by atoms with Gasteiger partial charge in [0.1, 0.15) is 5.60 Å². The molecule has 1 aliphatic carbocycles. The predicted molar refractivity (Wildman–Crippen MR) is 159 cm³/mol. The quantitative estimate of drug-likeness (QED) is 0.258. The summed E-state index contributed by atoms with van der Waals surface area (Å²) in [5, 5.41) is 13.2. The Morgan fingerprint density at radius 3 is 1.18 bits per heavy atom. The highest BCUT2D eigenvalue weighted by Gasteiger charge is 2.52. The van der Waals surface area contributed by atoms with Gasteiger partial charge in [-0.1, -0.05) is 164 Å². The molecule has 6 aromatic carbocycles. The molecule has 0 bridgehead atoms. The van der Waals surface area contributed by atoms with Crippen molar-refractivity contribution in [3.05, 3.63) is 203 Å². The average molecular weight is 501 g/mol. The van der Waals surface area contributed by atoms with E-state index in [2.05, 4.69) is 133 Å². The van der Waals surface area contributed by atoms with Crippen LogP contribution in [-0.2, 0) is 11.0 Å². The zero-order valence-electron chi connectivity index (χ0n) is 21.5. The summed E-state index contributed by atoms with van der Waals surface area (Å²) in [7, 11) is 0. The molecule has 0 atom stereocenters. The molecule has 0 aliphatic heterocycles. The molecule has 0 saturated carbocycles. The Balaban J connectivity index is 1.64. The summed E-state index contributed by atoms with van der Waals surface area (Å²) >= 11 is 0. The largest absolute Gasteiger partial charge is 0.376 e. The monoisotopic (exact) mass is 500 g/mol. The van der Waals surface area contributed by atoms with Crippen molar-refractivity contribution in [2.24, 2.45) is 0 Å². The first-order valence-corrected chi connectivity index (χ1v) is 13.4. The molecule has 0 spiro atoms. The summed E-state index contributed by atoms with van der Waals surface area (Å²) in [6.07, 6.45) is 0. The Bertz CT molecular complexity index is 1660. The minimum absolute atomic E-state index is 0.594. The molecule has 0 amide bonds. The second-order valence-electron chi connectivity index (χ2n) is 10.2. The average Bonchev–Trinajstić information content (AvgIpc) is 3.03. The summed E-state index contributed by atoms with van der Waals surface area (Å²) < 4.78 is 0. The van der Waals surface area contributed by atoms with Gasteiger partial charge in [-0.15, -0.1) is 0 Å². The van der Waals surface area contributed by atoms with E-state index >= 15 is 0 Å². The minimum Gasteiger partial charge on any atom is -0.376 e. The fourth-order valence-corrected chi connectivity index (χ4v) is 6.66. The number of hydrogen-bond donors (Lipinski definition) is 1. The van der Waals surface area contributed by atoms with E-state index in [0.29, 0.717) is 0 Å². The van der Waals surface area contributed by atoms with Gasteiger partial charge in [-0.2, -0.15) is 0 Å². The van der Waals surface area contributed by atoms with Gasteiger partial charge in [0.15, 0.2) is 0 Å². The van der Waals surface area contributed by atoms with Crippen LogP contribution in [-0.4, -0.2) is 5.11 Å². The van der Waals surface area contributed by atoms with Crippen molar-refractivity contribution in [1.29, 1.82) is 0 Å². The van der Waals surface area contributed by atoms with Gasteiger partial charge >= 0.3 is 0 Å². The molecular weight excluding hydrogens is 472 g/mol. The third-order valence-corrected chi connectivity index (χ3v) is 8.26. The molecule has 0 saturated heterocycles. The van der Waals surface area contributed by atoms with Crippen LogP contribution in [0.5, 0.6) is 0 Å². The van der Waals surface area contributed by atoms with Crippen LogP contribution < -0.4 is 0 Å². The maximum atomic E-state index is 13.2. The standard InChI is InChI=1S/C38H28O/c39-38(32-23-11-10-22-31(32)28-16-4-1-5-17-28)35-26-14-12-24-33(35)37(29-18-6-2-7-19-29,30-20-8-3-9-21-30)34-25-13-15-27-36(34)38/h1-27,39H. The summed E-state index contributed by atoms with van der Waals surface area (Å²) in [6, 6.07) is 56.9. The van der Waals surface area contributed by atoms with E-state index in [-0.39, 0.29) is 0 Å². The van der Waals surface area contributed by atoms with Gasteiger partial charge in [0.2, 0.25) is 0 Å². The van der Waals surface area contributed by atoms with Crippen LogP contribution in [0.15, 0.2) is 164 Å². The molecule has 7 rings (SSSR count). The summed E-state index contributed by atoms with van der Waals surface area (Å²) in [5.74, 6) is 0. The molecule has 186 valence electrons. The third-order valence-electron chi connectivity index (χ3n) is 8.26. The number of benzene rings is 6. The molecule has 0 unspecified atom stereocenters. The molecule has 1 N–H and O–H groups in total. The van der Waals surface area contributed by atoms with Gasteiger partial charge in [-0.25, -0.2) is 0 Å². The Morgan fingerprint density at radius 1 is 0.333 bits per heavy atom. The van der Waals surface area contributed by atoms with E-state index in [0.717, 1.165) is 38.9 Å². The van der Waals surface area contributed by atoms with Gasteiger partial charge in [0, 0.05) is 5.56 Å². The van der Waals surface area contributed by atoms with Crippen LogP contribution >= 0.6 is 0 Å². The van der Waals surface area contributed by atoms with Crippen molar-refractivity contribution in [2.75, 3.05) is 0 Å². The topological polar surface area (TPSA) is 20.2 Å². The number of aliphatic hydroxyl groups is 1. The summed E-state index contributed by atoms with van der Waals surface area (Å²) in [5.41, 5.74) is 7.37. The highest BCUT2D eigenvalue weighted by atomic mass is 16.3. The molecule has 1 heteroatoms. The normalized spacial score (nSPS) is 14.7. The number of fused-ring (bicyclic) bond motifs is 2. The highest BCUT2D eigenvalue weighted by Crippen LogP contribution is 2.57. The Hall–Kier alpha value is -4.72. The molecule has 0 fully saturated rings. The summed E-state index contributed by atoms with van der Waals surface area (Å²) in [4.78, 5) is 0. The lowest BCUT2D eigenvalue weighted by molar-refractivity contribution is 0.119. The molecule has 1 nitrogen and oxygen atoms in total. The minimum atomic E-state index is -1.35. The van der Waals surface area contributed by atoms with Gasteiger partial charge in [0.05, 0.1) is 5.41 Å². The van der Waals surface area contributed by atoms with Crippen LogP contribution in [0.25, 0.3) is 11.1 Å². The van der Waals surface area contributed by atoms with Crippen molar-refractivity contribution < 1.29 is 5.11 Å². The maximum absolute atomic E-state index is 13.2. The van der Waals surface area contributed by atoms with Crippen LogP contribution in [0.2, 0.25) is 0 Å². The Labute approximate surface area is 229 Å². The second-order valence-corrected chi connectivity index (χ2v) is 10.2. The van der Waals surface area contributed by atoms with Gasteiger partial charge in [-0.05, 0) is 44.5 Å². The fraction of sp³-hybridized carbons (Fsp3) is 0.0526. The Morgan fingerprint density at radius 2 is 0.692 bits per heavy atom. The lowest BCUT2D eigenvalue weighted by atomic mass is 9.55. The van der Waals surface area contributed by atoms with Gasteiger partial charge in [-0.3, -0.25) is 0 Å². The lowest BCUT2D eigenvalue weighted by Gasteiger charge is -2.48. The van der Waals surface area contributed by atoms with E-state index < -0.39 is 11.0 Å². The predicted octanol–water partition coefficient (Wildman–Crippen LogP) is 8.33. The molecule has 0 heterocycles. The van der Waals surface area contributed by atoms with Gasteiger partial charge < -0.3 is 5.11 Å². The number of rotatable bonds is 4. The fourth-order valence-electron chi connectivity index (χ4n) is 6.66. The first-order valence-electron chi connectivity index (χ1n) is 13.4. The van der Waals surface area contributed by atoms with Crippen molar-refractivity contribution in [3.63, 3.8) is 0 Å². The first kappa shape index (κ1) is 23.4. The molecule has 6 aromatic rings. The smallest absolute Gasteiger partial charge is 0.141 e. The lowest BCUT2D eigenvalue weighted by Crippen LogP contribution is -2.45. The zero-order valence-corrected chi connectivity index (χ0v) is 21.5. The first-order chi connectivity index (χ1) is 19.3. The van der Waals surface area contributed by atoms with Crippen molar-refractivity contribution in [2.45, 2.75) is 11.0 Å². The van der Waals surface area contributed by atoms with Crippen molar-refractivity contribution >= 4 is 0 Å². The van der Waals surface area contributed by atoms with Crippen molar-refractivity contribution in [3.8, 4) is 11.1 Å². The van der Waals surface area contributed by atoms with Gasteiger partial charge in [0.25, 0.3) is 0 Å². The summed E-state index contributed by atoms with van der Waals surface area (Å²) in [6.45, 7) is 0. The van der Waals surface area contributed by atoms with E-state index in [4.69, 9.17) is 0 Å². The van der Waals surface area contributed by atoms with Crippen LogP contribution in [0.3, 0.4) is 0 Å². The molecular formula is C38H28O. The molecule has 0 radical (unpaired) electrons. The SMILES string of the molecule is OC1(c2ccccc2-c2ccccc2)c2ccccc2C(c2ccccc2)(c2ccccc2)c2ccccc21. The van der Waals surface area contributed by atoms with Crippen LogP contribution in [0.4, 0.5) is 0 Å². The van der Waals surface area contributed by atoms with Crippen LogP contribution in [0.1, 0.15) is 38.9 Å². The third kappa shape index (κ3) is 3.37. The zero-order chi connectivity index (χ0) is 26.3. The van der Waals surface area contributed by atoms with Crippen molar-refractivity contribution in [1.82, 2.24) is 0 Å². The second kappa shape index (κ2) is 9.23. The van der Waals surface area contributed by atoms with E-state index in [1.54, 1.807) is 0 Å². The Kier molecular flexibility index (Phi) is 5.54.